The molecule has 0 unspecified atom stereocenters. The van der Waals surface area contributed by atoms with Gasteiger partial charge in [-0.15, -0.1) is 0 Å². The first kappa shape index (κ1) is 22.9. The maximum Gasteiger partial charge on any atom is 0.251 e. The number of hydrazone groups is 1. The Hall–Kier alpha value is -3.36. The van der Waals surface area contributed by atoms with Gasteiger partial charge in [-0.3, -0.25) is 9.80 Å². The van der Waals surface area contributed by atoms with Crippen molar-refractivity contribution < 1.29 is 4.79 Å². The monoisotopic (exact) mass is 407 g/mol. The molecule has 0 saturated carbocycles. The van der Waals surface area contributed by atoms with Crippen molar-refractivity contribution in [2.24, 2.45) is 10.8 Å². The van der Waals surface area contributed by atoms with Gasteiger partial charge in [0.15, 0.2) is 5.84 Å². The van der Waals surface area contributed by atoms with Gasteiger partial charge in [0, 0.05) is 32.2 Å². The predicted octanol–water partition coefficient (Wildman–Crippen LogP) is 2.44. The summed E-state index contributed by atoms with van der Waals surface area (Å²) in [6.45, 7) is 6.30. The number of nitriles is 2. The van der Waals surface area contributed by atoms with Crippen LogP contribution in [0.5, 0.6) is 0 Å². The summed E-state index contributed by atoms with van der Waals surface area (Å²) in [4.78, 5) is 14.1. The molecule has 1 fully saturated rings. The molecule has 0 aliphatic carbocycles. The number of para-hydroxylation sites is 1. The Morgan fingerprint density at radius 2 is 1.97 bits per heavy atom. The average Bonchev–Trinajstić information content (AvgIpc) is 2.75. The third kappa shape index (κ3) is 6.07. The van der Waals surface area contributed by atoms with E-state index in [4.69, 9.17) is 11.0 Å². The Balaban J connectivity index is 2.20. The molecular formula is C22H29N7O. The standard InChI is InChI=1S/C22H29N7O/c1-18(20(25)30)21(26-19-8-4-3-5-9-19)27-28(2)22(10-14-24)11-16-29(17-12-22)15-7-6-13-23/h3-5,8-9H,1,6-7,10-12,15-17H2,2H3,(H2,25,30)(H,26,27). The van der Waals surface area contributed by atoms with Gasteiger partial charge < -0.3 is 16.0 Å². The van der Waals surface area contributed by atoms with Crippen molar-refractivity contribution in [3.8, 4) is 12.1 Å². The molecule has 3 N–H and O–H groups in total. The van der Waals surface area contributed by atoms with Crippen molar-refractivity contribution in [3.05, 3.63) is 42.5 Å². The first-order valence-electron chi connectivity index (χ1n) is 10.0. The van der Waals surface area contributed by atoms with Crippen molar-refractivity contribution in [1.82, 2.24) is 9.91 Å². The van der Waals surface area contributed by atoms with Gasteiger partial charge in [0.2, 0.25) is 0 Å². The number of nitrogens with two attached hydrogens (primary N) is 1. The lowest BCUT2D eigenvalue weighted by Crippen LogP contribution is -2.52. The molecular weight excluding hydrogens is 378 g/mol. The Kier molecular flexibility index (Phi) is 8.40. The SMILES string of the molecule is C=C(C(N)=O)/C(=N\N(C)C1(CC#N)CCN(CCCC#N)CC1)Nc1ccccc1. The summed E-state index contributed by atoms with van der Waals surface area (Å²) >= 11 is 0. The van der Waals surface area contributed by atoms with Gasteiger partial charge in [-0.1, -0.05) is 24.8 Å². The first-order valence-corrected chi connectivity index (χ1v) is 10.0. The lowest BCUT2D eigenvalue weighted by molar-refractivity contribution is -0.114. The normalized spacial score (nSPS) is 16.2. The fourth-order valence-corrected chi connectivity index (χ4v) is 3.53. The van der Waals surface area contributed by atoms with Gasteiger partial charge in [0.25, 0.3) is 5.91 Å². The zero-order valence-corrected chi connectivity index (χ0v) is 17.5. The van der Waals surface area contributed by atoms with Crippen LogP contribution in [-0.4, -0.2) is 53.9 Å². The van der Waals surface area contributed by atoms with Crippen molar-refractivity contribution in [2.45, 2.75) is 37.6 Å². The number of carbonyl (C=O) groups is 1. The largest absolute Gasteiger partial charge is 0.365 e. The van der Waals surface area contributed by atoms with E-state index in [2.05, 4.69) is 34.0 Å². The van der Waals surface area contributed by atoms with E-state index >= 15 is 0 Å². The van der Waals surface area contributed by atoms with Crippen molar-refractivity contribution in [2.75, 3.05) is 32.0 Å². The summed E-state index contributed by atoms with van der Waals surface area (Å²) in [7, 11) is 1.82. The predicted molar refractivity (Wildman–Crippen MR) is 117 cm³/mol. The highest BCUT2D eigenvalue weighted by molar-refractivity contribution is 6.24. The molecule has 0 bridgehead atoms. The van der Waals surface area contributed by atoms with E-state index in [0.29, 0.717) is 12.8 Å². The van der Waals surface area contributed by atoms with Crippen molar-refractivity contribution in [3.63, 3.8) is 0 Å². The third-order valence-corrected chi connectivity index (χ3v) is 5.51. The summed E-state index contributed by atoms with van der Waals surface area (Å²) in [5.41, 5.74) is 5.84. The lowest BCUT2D eigenvalue weighted by atomic mass is 9.84. The van der Waals surface area contributed by atoms with Gasteiger partial charge in [-0.2, -0.15) is 15.6 Å². The highest BCUT2D eigenvalue weighted by Crippen LogP contribution is 2.32. The number of benzene rings is 1. The van der Waals surface area contributed by atoms with Crippen molar-refractivity contribution in [1.29, 1.82) is 10.5 Å². The molecule has 1 aliphatic rings. The minimum absolute atomic E-state index is 0.0757. The molecule has 8 heteroatoms. The second-order valence-corrected chi connectivity index (χ2v) is 7.47. The Labute approximate surface area is 178 Å². The number of hydrogen-bond acceptors (Lipinski definition) is 6. The summed E-state index contributed by atoms with van der Waals surface area (Å²) in [6, 6.07) is 13.8. The van der Waals surface area contributed by atoms with Gasteiger partial charge in [0.05, 0.1) is 29.7 Å². The number of amidine groups is 1. The van der Waals surface area contributed by atoms with Crippen LogP contribution >= 0.6 is 0 Å². The number of primary amides is 1. The number of carbonyl (C=O) groups excluding carboxylic acids is 1. The van der Waals surface area contributed by atoms with Crippen LogP contribution in [0.3, 0.4) is 0 Å². The molecule has 30 heavy (non-hydrogen) atoms. The molecule has 0 spiro atoms. The van der Waals surface area contributed by atoms with E-state index in [1.165, 1.54) is 0 Å². The number of anilines is 1. The van der Waals surface area contributed by atoms with Crippen LogP contribution in [0.25, 0.3) is 0 Å². The van der Waals surface area contributed by atoms with Crippen LogP contribution in [0.1, 0.15) is 32.1 Å². The molecule has 1 heterocycles. The number of unbranched alkanes of at least 4 members (excludes halogenated alkanes) is 1. The molecule has 1 aliphatic heterocycles. The smallest absolute Gasteiger partial charge is 0.251 e. The van der Waals surface area contributed by atoms with Gasteiger partial charge in [-0.25, -0.2) is 0 Å². The van der Waals surface area contributed by atoms with Crippen LogP contribution in [0.2, 0.25) is 0 Å². The molecule has 1 saturated heterocycles. The molecule has 2 rings (SSSR count). The fourth-order valence-electron chi connectivity index (χ4n) is 3.53. The Morgan fingerprint density at radius 3 is 2.53 bits per heavy atom. The number of amides is 1. The third-order valence-electron chi connectivity index (χ3n) is 5.51. The number of hydrogen-bond donors (Lipinski definition) is 2. The van der Waals surface area contributed by atoms with E-state index in [-0.39, 0.29) is 11.4 Å². The van der Waals surface area contributed by atoms with Crippen LogP contribution in [0, 0.1) is 22.7 Å². The van der Waals surface area contributed by atoms with Gasteiger partial charge >= 0.3 is 0 Å². The molecule has 0 aromatic heterocycles. The highest BCUT2D eigenvalue weighted by Gasteiger charge is 2.38. The molecule has 1 amide bonds. The average molecular weight is 408 g/mol. The molecule has 1 aromatic carbocycles. The van der Waals surface area contributed by atoms with Gasteiger partial charge in [-0.05, 0) is 37.9 Å². The van der Waals surface area contributed by atoms with E-state index in [1.54, 1.807) is 5.01 Å². The summed E-state index contributed by atoms with van der Waals surface area (Å²) < 4.78 is 0. The molecule has 1 aromatic rings. The topological polar surface area (TPSA) is 122 Å². The summed E-state index contributed by atoms with van der Waals surface area (Å²) in [5, 5.41) is 27.7. The number of piperidine rings is 1. The van der Waals surface area contributed by atoms with E-state index in [9.17, 15) is 10.1 Å². The van der Waals surface area contributed by atoms with Crippen LogP contribution in [0.4, 0.5) is 5.69 Å². The zero-order valence-electron chi connectivity index (χ0n) is 17.5. The maximum absolute atomic E-state index is 11.8. The van der Waals surface area contributed by atoms with Crippen LogP contribution < -0.4 is 11.1 Å². The molecule has 0 radical (unpaired) electrons. The molecule has 8 nitrogen and oxygen atoms in total. The minimum Gasteiger partial charge on any atom is -0.365 e. The fraction of sp³-hybridized carbons (Fsp3) is 0.455. The quantitative estimate of drug-likeness (QED) is 0.213. The number of likely N-dealkylation sites (tertiary alicyclic amines) is 1. The molecule has 158 valence electrons. The summed E-state index contributed by atoms with van der Waals surface area (Å²) in [5.74, 6) is -0.391. The number of rotatable bonds is 9. The summed E-state index contributed by atoms with van der Waals surface area (Å²) in [6.07, 6.45) is 3.23. The van der Waals surface area contributed by atoms with E-state index < -0.39 is 11.4 Å². The number of nitrogens with one attached hydrogen (secondary N) is 1. The van der Waals surface area contributed by atoms with Crippen LogP contribution in [0.15, 0.2) is 47.6 Å². The highest BCUT2D eigenvalue weighted by atomic mass is 16.1. The number of nitrogens with zero attached hydrogens (tertiary/aromatic N) is 5. The van der Waals surface area contributed by atoms with Gasteiger partial charge in [0.1, 0.15) is 0 Å². The van der Waals surface area contributed by atoms with Crippen LogP contribution in [-0.2, 0) is 4.79 Å². The second kappa shape index (κ2) is 11.0. The van der Waals surface area contributed by atoms with E-state index in [1.807, 2.05) is 37.4 Å². The van der Waals surface area contributed by atoms with Crippen molar-refractivity contribution >= 4 is 17.4 Å². The Bertz CT molecular complexity index is 842. The molecule has 0 atom stereocenters. The first-order chi connectivity index (χ1) is 14.4. The lowest BCUT2D eigenvalue weighted by Gasteiger charge is -2.45. The van der Waals surface area contributed by atoms with E-state index in [0.717, 1.165) is 44.6 Å². The second-order valence-electron chi connectivity index (χ2n) is 7.47. The minimum atomic E-state index is -0.660. The Morgan fingerprint density at radius 1 is 1.30 bits per heavy atom. The maximum atomic E-state index is 11.8. The zero-order chi connectivity index (χ0) is 22.0.